The topological polar surface area (TPSA) is 117 Å². The molecule has 2 aromatic rings. The number of carbonyl (C=O) groups excluding carboxylic acids is 3. The Morgan fingerprint density at radius 2 is 1.73 bits per heavy atom. The van der Waals surface area contributed by atoms with Crippen LogP contribution in [0.5, 0.6) is 0 Å². The van der Waals surface area contributed by atoms with Crippen LogP contribution in [-0.4, -0.2) is 40.7 Å². The van der Waals surface area contributed by atoms with Gasteiger partial charge in [0.05, 0.1) is 5.69 Å². The largest absolute Gasteiger partial charge is 0.395 e. The predicted molar refractivity (Wildman–Crippen MR) is 150 cm³/mol. The molecule has 8 nitrogen and oxygen atoms in total. The Labute approximate surface area is 224 Å². The second-order valence-corrected chi connectivity index (χ2v) is 11.5. The van der Waals surface area contributed by atoms with Crippen molar-refractivity contribution in [2.45, 2.75) is 84.7 Å². The summed E-state index contributed by atoms with van der Waals surface area (Å²) in [5, 5.41) is 6.04. The van der Waals surface area contributed by atoms with E-state index >= 15 is 0 Å². The monoisotopic (exact) mass is 527 g/mol. The molecule has 0 radical (unpaired) electrons. The SMILES string of the molecule is CC(C)CCNC(=O)C(CC(C)C)N(C(=O)c1snc(C(=O)NC2CCCCC2)c1N)c1ccccc1. The molecule has 9 heteroatoms. The maximum Gasteiger partial charge on any atom is 0.273 e. The third-order valence-electron chi connectivity index (χ3n) is 6.66. The molecule has 1 saturated carbocycles. The number of para-hydroxylation sites is 1. The fourth-order valence-electron chi connectivity index (χ4n) is 4.63. The summed E-state index contributed by atoms with van der Waals surface area (Å²) >= 11 is 0.909. The molecule has 0 bridgehead atoms. The minimum absolute atomic E-state index is 0.0627. The van der Waals surface area contributed by atoms with Gasteiger partial charge in [-0.25, -0.2) is 0 Å². The van der Waals surface area contributed by atoms with Crippen molar-refractivity contribution >= 4 is 40.6 Å². The summed E-state index contributed by atoms with van der Waals surface area (Å²) in [5.74, 6) is -0.370. The number of nitrogens with two attached hydrogens (primary N) is 1. The van der Waals surface area contributed by atoms with Gasteiger partial charge in [0.1, 0.15) is 10.9 Å². The number of hydrogen-bond acceptors (Lipinski definition) is 6. The first-order valence-electron chi connectivity index (χ1n) is 13.4. The van der Waals surface area contributed by atoms with Gasteiger partial charge in [0, 0.05) is 18.3 Å². The summed E-state index contributed by atoms with van der Waals surface area (Å²) in [5.41, 5.74) is 7.09. The average molecular weight is 528 g/mol. The number of anilines is 2. The van der Waals surface area contributed by atoms with Gasteiger partial charge in [-0.15, -0.1) is 0 Å². The van der Waals surface area contributed by atoms with E-state index in [-0.39, 0.29) is 40.0 Å². The molecule has 1 heterocycles. The van der Waals surface area contributed by atoms with Crippen molar-refractivity contribution < 1.29 is 14.4 Å². The van der Waals surface area contributed by atoms with Crippen molar-refractivity contribution in [2.24, 2.45) is 11.8 Å². The number of nitrogens with one attached hydrogen (secondary N) is 2. The first kappa shape index (κ1) is 28.6. The summed E-state index contributed by atoms with van der Waals surface area (Å²) in [4.78, 5) is 42.0. The van der Waals surface area contributed by atoms with Crippen LogP contribution < -0.4 is 21.3 Å². The molecular weight excluding hydrogens is 486 g/mol. The van der Waals surface area contributed by atoms with Crippen LogP contribution in [0.1, 0.15) is 92.8 Å². The molecular formula is C28H41N5O3S. The van der Waals surface area contributed by atoms with Crippen LogP contribution in [0, 0.1) is 11.8 Å². The number of aromatic nitrogens is 1. The molecule has 1 unspecified atom stereocenters. The van der Waals surface area contributed by atoms with E-state index in [9.17, 15) is 14.4 Å². The number of nitrogen functional groups attached to an aromatic ring is 1. The van der Waals surface area contributed by atoms with Gasteiger partial charge in [0.15, 0.2) is 5.69 Å². The third kappa shape index (κ3) is 7.77. The molecule has 0 saturated heterocycles. The highest BCUT2D eigenvalue weighted by Crippen LogP contribution is 2.30. The summed E-state index contributed by atoms with van der Waals surface area (Å²) in [6, 6.07) is 8.51. The molecule has 1 aliphatic rings. The molecule has 37 heavy (non-hydrogen) atoms. The molecule has 1 aromatic carbocycles. The minimum Gasteiger partial charge on any atom is -0.395 e. The molecule has 0 aliphatic heterocycles. The molecule has 3 rings (SSSR count). The summed E-state index contributed by atoms with van der Waals surface area (Å²) in [6.45, 7) is 8.79. The standard InChI is InChI=1S/C28H41N5O3S/c1-18(2)15-16-30-26(34)22(17-19(3)4)33(21-13-9-6-10-14-21)28(36)25-23(29)24(32-37-25)27(35)31-20-11-7-5-8-12-20/h6,9-10,13-14,18-20,22H,5,7-8,11-12,15-17,29H2,1-4H3,(H,30,34)(H,31,35). The van der Waals surface area contributed by atoms with E-state index in [1.165, 1.54) is 11.3 Å². The normalized spacial score (nSPS) is 15.0. The van der Waals surface area contributed by atoms with E-state index in [0.717, 1.165) is 43.6 Å². The van der Waals surface area contributed by atoms with Crippen LogP contribution in [0.15, 0.2) is 30.3 Å². The highest BCUT2D eigenvalue weighted by Gasteiger charge is 2.35. The zero-order valence-electron chi connectivity index (χ0n) is 22.5. The maximum absolute atomic E-state index is 14.0. The molecule has 202 valence electrons. The van der Waals surface area contributed by atoms with Gasteiger partial charge in [-0.05, 0) is 61.2 Å². The number of benzene rings is 1. The Hall–Kier alpha value is -2.94. The molecule has 3 amide bonds. The zero-order valence-corrected chi connectivity index (χ0v) is 23.3. The first-order valence-corrected chi connectivity index (χ1v) is 14.2. The van der Waals surface area contributed by atoms with Gasteiger partial charge in [-0.3, -0.25) is 19.3 Å². The highest BCUT2D eigenvalue weighted by atomic mass is 32.1. The lowest BCUT2D eigenvalue weighted by molar-refractivity contribution is -0.122. The van der Waals surface area contributed by atoms with Crippen LogP contribution in [0.2, 0.25) is 0 Å². The van der Waals surface area contributed by atoms with E-state index in [0.29, 0.717) is 24.6 Å². The lowest BCUT2D eigenvalue weighted by Crippen LogP contribution is -2.51. The van der Waals surface area contributed by atoms with Gasteiger partial charge in [0.2, 0.25) is 5.91 Å². The van der Waals surface area contributed by atoms with Gasteiger partial charge in [-0.1, -0.05) is 65.2 Å². The number of carbonyl (C=O) groups is 3. The number of nitrogens with zero attached hydrogens (tertiary/aromatic N) is 2. The Balaban J connectivity index is 1.90. The van der Waals surface area contributed by atoms with Crippen LogP contribution in [0.4, 0.5) is 11.4 Å². The van der Waals surface area contributed by atoms with Crippen molar-refractivity contribution in [2.75, 3.05) is 17.2 Å². The van der Waals surface area contributed by atoms with Gasteiger partial charge >= 0.3 is 0 Å². The second-order valence-electron chi connectivity index (χ2n) is 10.7. The van der Waals surface area contributed by atoms with Gasteiger partial charge in [-0.2, -0.15) is 4.37 Å². The zero-order chi connectivity index (χ0) is 26.9. The lowest BCUT2D eigenvalue weighted by atomic mass is 9.95. The van der Waals surface area contributed by atoms with Crippen molar-refractivity contribution in [3.05, 3.63) is 40.9 Å². The fraction of sp³-hybridized carbons (Fsp3) is 0.571. The Morgan fingerprint density at radius 3 is 2.35 bits per heavy atom. The highest BCUT2D eigenvalue weighted by molar-refractivity contribution is 7.09. The fourth-order valence-corrected chi connectivity index (χ4v) is 5.37. The number of hydrogen-bond donors (Lipinski definition) is 3. The van der Waals surface area contributed by atoms with Crippen LogP contribution in [-0.2, 0) is 4.79 Å². The second kappa shape index (κ2) is 13.6. The van der Waals surface area contributed by atoms with Crippen molar-refractivity contribution in [3.8, 4) is 0 Å². The minimum atomic E-state index is -0.733. The van der Waals surface area contributed by atoms with E-state index in [1.807, 2.05) is 32.0 Å². The molecule has 1 atom stereocenters. The maximum atomic E-state index is 14.0. The van der Waals surface area contributed by atoms with Crippen LogP contribution in [0.3, 0.4) is 0 Å². The van der Waals surface area contributed by atoms with E-state index in [4.69, 9.17) is 5.73 Å². The van der Waals surface area contributed by atoms with E-state index < -0.39 is 11.9 Å². The molecule has 1 fully saturated rings. The molecule has 1 aromatic heterocycles. The summed E-state index contributed by atoms with van der Waals surface area (Å²) < 4.78 is 4.27. The first-order chi connectivity index (χ1) is 17.7. The number of amides is 3. The quantitative estimate of drug-likeness (QED) is 0.380. The Bertz CT molecular complexity index is 1050. The molecule has 4 N–H and O–H groups in total. The third-order valence-corrected chi connectivity index (χ3v) is 7.51. The van der Waals surface area contributed by atoms with E-state index in [2.05, 4.69) is 28.9 Å². The van der Waals surface area contributed by atoms with Gasteiger partial charge in [0.25, 0.3) is 11.8 Å². The lowest BCUT2D eigenvalue weighted by Gasteiger charge is -2.32. The molecule has 1 aliphatic carbocycles. The van der Waals surface area contributed by atoms with Crippen molar-refractivity contribution in [1.29, 1.82) is 0 Å². The Morgan fingerprint density at radius 1 is 1.05 bits per heavy atom. The van der Waals surface area contributed by atoms with E-state index in [1.54, 1.807) is 12.1 Å². The average Bonchev–Trinajstić information content (AvgIpc) is 3.25. The van der Waals surface area contributed by atoms with Crippen molar-refractivity contribution in [3.63, 3.8) is 0 Å². The predicted octanol–water partition coefficient (Wildman–Crippen LogP) is 5.01. The summed E-state index contributed by atoms with van der Waals surface area (Å²) in [7, 11) is 0. The Kier molecular flexibility index (Phi) is 10.5. The van der Waals surface area contributed by atoms with Crippen LogP contribution in [0.25, 0.3) is 0 Å². The van der Waals surface area contributed by atoms with Crippen molar-refractivity contribution in [1.82, 2.24) is 15.0 Å². The van der Waals surface area contributed by atoms with Gasteiger partial charge < -0.3 is 16.4 Å². The van der Waals surface area contributed by atoms with Crippen LogP contribution >= 0.6 is 11.5 Å². The smallest absolute Gasteiger partial charge is 0.273 e. The molecule has 0 spiro atoms. The summed E-state index contributed by atoms with van der Waals surface area (Å²) in [6.07, 6.45) is 6.55. The number of rotatable bonds is 11.